The van der Waals surface area contributed by atoms with E-state index in [-0.39, 0.29) is 0 Å². The van der Waals surface area contributed by atoms with E-state index in [4.69, 9.17) is 0 Å². The first-order valence-electron chi connectivity index (χ1n) is 8.90. The third-order valence-corrected chi connectivity index (χ3v) is 5.26. The first-order valence-corrected chi connectivity index (χ1v) is 8.90. The molecule has 0 radical (unpaired) electrons. The highest BCUT2D eigenvalue weighted by molar-refractivity contribution is 4.84. The normalized spacial score (nSPS) is 30.6. The zero-order valence-corrected chi connectivity index (χ0v) is 13.9. The molecule has 1 saturated heterocycles. The maximum atomic E-state index is 3.75. The number of hydrogen-bond donors (Lipinski definition) is 1. The van der Waals surface area contributed by atoms with Gasteiger partial charge >= 0.3 is 0 Å². The van der Waals surface area contributed by atoms with Crippen LogP contribution in [-0.4, -0.2) is 61.2 Å². The summed E-state index contributed by atoms with van der Waals surface area (Å²) in [6, 6.07) is 1.48. The first-order chi connectivity index (χ1) is 9.70. The molecule has 118 valence electrons. The molecule has 1 saturated carbocycles. The second-order valence-corrected chi connectivity index (χ2v) is 6.99. The first kappa shape index (κ1) is 16.3. The molecule has 0 aromatic heterocycles. The van der Waals surface area contributed by atoms with Crippen molar-refractivity contribution in [1.29, 1.82) is 0 Å². The van der Waals surface area contributed by atoms with Gasteiger partial charge in [-0.15, -0.1) is 0 Å². The highest BCUT2D eigenvalue weighted by atomic mass is 15.3. The number of nitrogens with one attached hydrogen (secondary N) is 1. The fraction of sp³-hybridized carbons (Fsp3) is 1.00. The van der Waals surface area contributed by atoms with Crippen molar-refractivity contribution in [2.24, 2.45) is 5.92 Å². The third kappa shape index (κ3) is 4.71. The predicted molar refractivity (Wildman–Crippen MR) is 87.2 cm³/mol. The Labute approximate surface area is 126 Å². The van der Waals surface area contributed by atoms with Crippen LogP contribution in [0.25, 0.3) is 0 Å². The fourth-order valence-electron chi connectivity index (χ4n) is 3.93. The molecule has 2 unspecified atom stereocenters. The van der Waals surface area contributed by atoms with E-state index in [2.05, 4.69) is 35.9 Å². The Bertz CT molecular complexity index is 259. The van der Waals surface area contributed by atoms with Crippen LogP contribution in [0, 0.1) is 5.92 Å². The summed E-state index contributed by atoms with van der Waals surface area (Å²) in [7, 11) is 0. The van der Waals surface area contributed by atoms with Crippen molar-refractivity contribution in [3.8, 4) is 0 Å². The molecule has 3 nitrogen and oxygen atoms in total. The molecule has 0 bridgehead atoms. The Hall–Kier alpha value is -0.120. The predicted octanol–water partition coefficient (Wildman–Crippen LogP) is 2.57. The summed E-state index contributed by atoms with van der Waals surface area (Å²) in [5.74, 6) is 0.878. The van der Waals surface area contributed by atoms with Crippen LogP contribution in [0.5, 0.6) is 0 Å². The van der Waals surface area contributed by atoms with Crippen LogP contribution in [0.15, 0.2) is 0 Å². The summed E-state index contributed by atoms with van der Waals surface area (Å²) >= 11 is 0. The van der Waals surface area contributed by atoms with Gasteiger partial charge in [0, 0.05) is 44.8 Å². The Morgan fingerprint density at radius 3 is 2.35 bits per heavy atom. The number of rotatable bonds is 5. The molecule has 2 atom stereocenters. The third-order valence-electron chi connectivity index (χ3n) is 5.26. The monoisotopic (exact) mass is 281 g/mol. The van der Waals surface area contributed by atoms with Crippen LogP contribution in [0.2, 0.25) is 0 Å². The van der Waals surface area contributed by atoms with Crippen molar-refractivity contribution in [3.05, 3.63) is 0 Å². The smallest absolute Gasteiger partial charge is 0.0113 e. The molecule has 2 rings (SSSR count). The van der Waals surface area contributed by atoms with Gasteiger partial charge in [0.05, 0.1) is 0 Å². The zero-order chi connectivity index (χ0) is 14.4. The second kappa shape index (κ2) is 8.35. The van der Waals surface area contributed by atoms with Crippen LogP contribution in [0.3, 0.4) is 0 Å². The van der Waals surface area contributed by atoms with E-state index in [0.717, 1.165) is 18.5 Å². The van der Waals surface area contributed by atoms with Gasteiger partial charge in [-0.25, -0.2) is 0 Å². The van der Waals surface area contributed by atoms with Crippen molar-refractivity contribution >= 4 is 0 Å². The van der Waals surface area contributed by atoms with Gasteiger partial charge in [0.1, 0.15) is 0 Å². The van der Waals surface area contributed by atoms with Crippen molar-refractivity contribution in [2.45, 2.75) is 65.0 Å². The fourth-order valence-corrected chi connectivity index (χ4v) is 3.93. The summed E-state index contributed by atoms with van der Waals surface area (Å²) in [4.78, 5) is 5.34. The molecule has 2 aliphatic rings. The largest absolute Gasteiger partial charge is 0.314 e. The van der Waals surface area contributed by atoms with Crippen molar-refractivity contribution in [2.75, 3.05) is 39.3 Å². The second-order valence-electron chi connectivity index (χ2n) is 6.99. The van der Waals surface area contributed by atoms with Gasteiger partial charge in [0.15, 0.2) is 0 Å². The molecule has 0 aromatic rings. The summed E-state index contributed by atoms with van der Waals surface area (Å²) in [5, 5.41) is 3.75. The summed E-state index contributed by atoms with van der Waals surface area (Å²) < 4.78 is 0. The lowest BCUT2D eigenvalue weighted by atomic mass is 9.93. The van der Waals surface area contributed by atoms with Gasteiger partial charge in [-0.3, -0.25) is 4.90 Å². The molecule has 3 heteroatoms. The highest BCUT2D eigenvalue weighted by Crippen LogP contribution is 2.25. The van der Waals surface area contributed by atoms with Crippen LogP contribution >= 0.6 is 0 Å². The van der Waals surface area contributed by atoms with Crippen LogP contribution in [0.4, 0.5) is 0 Å². The molecule has 1 aliphatic heterocycles. The lowest BCUT2D eigenvalue weighted by Gasteiger charge is -2.39. The Kier molecular flexibility index (Phi) is 6.79. The molecular weight excluding hydrogens is 246 g/mol. The van der Waals surface area contributed by atoms with E-state index in [0.29, 0.717) is 6.04 Å². The van der Waals surface area contributed by atoms with Gasteiger partial charge in [0.2, 0.25) is 0 Å². The lowest BCUT2D eigenvalue weighted by molar-refractivity contribution is 0.0893. The van der Waals surface area contributed by atoms with Gasteiger partial charge in [-0.05, 0) is 39.2 Å². The molecule has 0 aromatic carbocycles. The minimum atomic E-state index is 0.713. The van der Waals surface area contributed by atoms with E-state index in [9.17, 15) is 0 Å². The van der Waals surface area contributed by atoms with E-state index >= 15 is 0 Å². The minimum absolute atomic E-state index is 0.713. The Morgan fingerprint density at radius 2 is 1.70 bits per heavy atom. The maximum Gasteiger partial charge on any atom is 0.0113 e. The molecular formula is C17H35N3. The van der Waals surface area contributed by atoms with E-state index in [1.165, 1.54) is 64.8 Å². The number of piperazine rings is 1. The van der Waals surface area contributed by atoms with Gasteiger partial charge in [-0.1, -0.05) is 26.2 Å². The van der Waals surface area contributed by atoms with Crippen molar-refractivity contribution in [3.63, 3.8) is 0 Å². The lowest BCUT2D eigenvalue weighted by Crippen LogP contribution is -2.51. The SMILES string of the molecule is CCNC1CCCCCC1CN1CCN(C(C)C)CC1. The van der Waals surface area contributed by atoms with E-state index in [1.807, 2.05) is 0 Å². The van der Waals surface area contributed by atoms with Gasteiger partial charge < -0.3 is 10.2 Å². The van der Waals surface area contributed by atoms with Crippen LogP contribution < -0.4 is 5.32 Å². The van der Waals surface area contributed by atoms with Crippen molar-refractivity contribution < 1.29 is 0 Å². The molecule has 0 spiro atoms. The topological polar surface area (TPSA) is 18.5 Å². The molecule has 0 amide bonds. The van der Waals surface area contributed by atoms with E-state index in [1.54, 1.807) is 0 Å². The molecule has 1 aliphatic carbocycles. The average Bonchev–Trinajstić information content (AvgIpc) is 2.66. The zero-order valence-electron chi connectivity index (χ0n) is 13.9. The molecule has 1 heterocycles. The Morgan fingerprint density at radius 1 is 1.00 bits per heavy atom. The quantitative estimate of drug-likeness (QED) is 0.781. The standard InChI is InChI=1S/C17H35N3/c1-4-18-17-9-7-5-6-8-16(17)14-19-10-12-20(13-11-19)15(2)3/h15-18H,4-14H2,1-3H3. The average molecular weight is 281 g/mol. The molecule has 1 N–H and O–H groups in total. The summed E-state index contributed by atoms with van der Waals surface area (Å²) in [5.41, 5.74) is 0. The highest BCUT2D eigenvalue weighted by Gasteiger charge is 2.27. The minimum Gasteiger partial charge on any atom is -0.314 e. The van der Waals surface area contributed by atoms with Crippen LogP contribution in [0.1, 0.15) is 52.9 Å². The molecule has 20 heavy (non-hydrogen) atoms. The van der Waals surface area contributed by atoms with E-state index < -0.39 is 0 Å². The van der Waals surface area contributed by atoms with Gasteiger partial charge in [-0.2, -0.15) is 0 Å². The Balaban J connectivity index is 1.81. The molecule has 2 fully saturated rings. The van der Waals surface area contributed by atoms with Gasteiger partial charge in [0.25, 0.3) is 0 Å². The van der Waals surface area contributed by atoms with Crippen LogP contribution in [-0.2, 0) is 0 Å². The number of hydrogen-bond acceptors (Lipinski definition) is 3. The summed E-state index contributed by atoms with van der Waals surface area (Å²) in [6.45, 7) is 14.4. The number of nitrogens with zero attached hydrogens (tertiary/aromatic N) is 2. The summed E-state index contributed by atoms with van der Waals surface area (Å²) in [6.07, 6.45) is 7.14. The maximum absolute atomic E-state index is 3.75. The van der Waals surface area contributed by atoms with Crippen molar-refractivity contribution in [1.82, 2.24) is 15.1 Å².